The molecular formula is C32H42N4O8S. The van der Waals surface area contributed by atoms with Gasteiger partial charge in [-0.15, -0.1) is 0 Å². The minimum absolute atomic E-state index is 0.00645. The van der Waals surface area contributed by atoms with Crippen LogP contribution in [0, 0.1) is 22.7 Å². The molecule has 0 radical (unpaired) electrons. The van der Waals surface area contributed by atoms with E-state index in [1.807, 2.05) is 44.2 Å². The molecule has 0 saturated carbocycles. The van der Waals surface area contributed by atoms with Crippen LogP contribution in [0.1, 0.15) is 45.6 Å². The van der Waals surface area contributed by atoms with Crippen LogP contribution in [0.3, 0.4) is 0 Å². The van der Waals surface area contributed by atoms with E-state index in [9.17, 15) is 23.1 Å². The number of carbonyl (C=O) groups excluding carboxylic acids is 2. The molecule has 0 spiro atoms. The second-order valence-electron chi connectivity index (χ2n) is 12.3. The summed E-state index contributed by atoms with van der Waals surface area (Å²) in [5, 5.41) is 26.2. The van der Waals surface area contributed by atoms with E-state index in [0.717, 1.165) is 5.56 Å². The Hall–Kier alpha value is -3.54. The highest BCUT2D eigenvalue weighted by atomic mass is 32.2. The van der Waals surface area contributed by atoms with E-state index >= 15 is 0 Å². The van der Waals surface area contributed by atoms with E-state index in [1.165, 1.54) is 35.5 Å². The molecule has 2 saturated heterocycles. The van der Waals surface area contributed by atoms with Crippen LogP contribution in [0.15, 0.2) is 59.5 Å². The summed E-state index contributed by atoms with van der Waals surface area (Å²) in [6.07, 6.45) is -1.39. The predicted octanol–water partition coefficient (Wildman–Crippen LogP) is 3.43. The molecule has 5 atom stereocenters. The number of rotatable bonds is 14. The molecule has 3 N–H and O–H groups in total. The zero-order chi connectivity index (χ0) is 32.6. The van der Waals surface area contributed by atoms with Gasteiger partial charge < -0.3 is 30.0 Å². The highest BCUT2D eigenvalue weighted by Gasteiger charge is 2.44. The van der Waals surface area contributed by atoms with Crippen LogP contribution in [-0.4, -0.2) is 80.7 Å². The van der Waals surface area contributed by atoms with Gasteiger partial charge in [0.05, 0.1) is 42.2 Å². The fraction of sp³-hybridized carbons (Fsp3) is 0.531. The lowest BCUT2D eigenvalue weighted by molar-refractivity contribution is -0.114. The number of aliphatic hydroxyl groups excluding tert-OH is 1. The van der Waals surface area contributed by atoms with Crippen LogP contribution in [0.2, 0.25) is 0 Å². The van der Waals surface area contributed by atoms with Crippen molar-refractivity contribution in [3.05, 3.63) is 60.2 Å². The zero-order valence-electron chi connectivity index (χ0n) is 25.8. The number of nitriles is 1. The number of sulfonamides is 1. The second-order valence-corrected chi connectivity index (χ2v) is 14.2. The third-order valence-electron chi connectivity index (χ3n) is 8.03. The Morgan fingerprint density at radius 1 is 1.16 bits per heavy atom. The molecule has 2 amide bonds. The lowest BCUT2D eigenvalue weighted by Gasteiger charge is -2.35. The summed E-state index contributed by atoms with van der Waals surface area (Å²) in [6.45, 7) is 5.48. The summed E-state index contributed by atoms with van der Waals surface area (Å²) in [6, 6.07) is 16.2. The number of fused-ring (bicyclic) bond motifs is 1. The molecule has 45 heavy (non-hydrogen) atoms. The third kappa shape index (κ3) is 9.48. The average molecular weight is 643 g/mol. The number of hydrogen-bond acceptors (Lipinski definition) is 9. The van der Waals surface area contributed by atoms with Gasteiger partial charge in [0.2, 0.25) is 15.9 Å². The quantitative estimate of drug-likeness (QED) is 0.280. The lowest BCUT2D eigenvalue weighted by Crippen LogP contribution is -2.52. The predicted molar refractivity (Wildman–Crippen MR) is 165 cm³/mol. The molecule has 0 bridgehead atoms. The molecule has 2 aromatic rings. The maximum Gasteiger partial charge on any atom is 0.407 e. The zero-order valence-corrected chi connectivity index (χ0v) is 26.7. The Morgan fingerprint density at radius 2 is 1.87 bits per heavy atom. The number of nitrogens with one attached hydrogen (secondary N) is 2. The van der Waals surface area contributed by atoms with E-state index in [0.29, 0.717) is 25.1 Å². The van der Waals surface area contributed by atoms with Crippen molar-refractivity contribution in [2.45, 2.75) is 75.9 Å². The maximum absolute atomic E-state index is 14.0. The average Bonchev–Trinajstić information content (AvgIpc) is 3.61. The summed E-state index contributed by atoms with van der Waals surface area (Å²) in [5.74, 6) is -0.358. The monoisotopic (exact) mass is 642 g/mol. The van der Waals surface area contributed by atoms with Crippen LogP contribution in [0.25, 0.3) is 0 Å². The Morgan fingerprint density at radius 3 is 2.53 bits per heavy atom. The normalized spacial score (nSPS) is 21.0. The molecule has 2 fully saturated rings. The first kappa shape index (κ1) is 34.3. The molecule has 2 aliphatic rings. The molecule has 244 valence electrons. The highest BCUT2D eigenvalue weighted by molar-refractivity contribution is 7.89. The van der Waals surface area contributed by atoms with Crippen LogP contribution in [0.4, 0.5) is 10.5 Å². The number of aliphatic hydroxyl groups is 1. The van der Waals surface area contributed by atoms with E-state index in [2.05, 4.69) is 16.7 Å². The summed E-state index contributed by atoms with van der Waals surface area (Å²) in [4.78, 5) is 24.5. The van der Waals surface area contributed by atoms with Crippen molar-refractivity contribution in [3.8, 4) is 6.07 Å². The summed E-state index contributed by atoms with van der Waals surface area (Å²) >= 11 is 0. The second kappa shape index (κ2) is 15.2. The van der Waals surface area contributed by atoms with Crippen molar-refractivity contribution >= 4 is 27.7 Å². The minimum atomic E-state index is -4.16. The first-order chi connectivity index (χ1) is 21.4. The van der Waals surface area contributed by atoms with Gasteiger partial charge in [0.25, 0.3) is 0 Å². The van der Waals surface area contributed by atoms with Crippen LogP contribution in [0.5, 0.6) is 0 Å². The minimum Gasteiger partial charge on any atom is -0.443 e. The molecule has 2 aliphatic heterocycles. The molecule has 2 unspecified atom stereocenters. The van der Waals surface area contributed by atoms with Gasteiger partial charge in [0, 0.05) is 32.1 Å². The molecule has 12 nitrogen and oxygen atoms in total. The first-order valence-electron chi connectivity index (χ1n) is 15.0. The van der Waals surface area contributed by atoms with Crippen molar-refractivity contribution in [1.29, 1.82) is 5.26 Å². The Balaban J connectivity index is 1.57. The van der Waals surface area contributed by atoms with Gasteiger partial charge in [-0.1, -0.05) is 44.2 Å². The number of carbonyl (C=O) groups is 2. The number of nitrogens with zero attached hydrogens (tertiary/aromatic N) is 2. The Bertz CT molecular complexity index is 1450. The first-order valence-corrected chi connectivity index (χ1v) is 16.5. The molecule has 0 aromatic heterocycles. The SMILES string of the molecule is CC(=O)Nc1ccc(S(=O)(=O)N(CC(O)C(Cc2ccccc2)NC(=O)O[C@H]2CO[C@H]3OCC[C@H]32)CC(C)(C)CCC#N)cc1. The lowest BCUT2D eigenvalue weighted by atomic mass is 9.88. The van der Waals surface area contributed by atoms with Crippen LogP contribution >= 0.6 is 0 Å². The number of anilines is 1. The third-order valence-corrected chi connectivity index (χ3v) is 9.86. The maximum atomic E-state index is 14.0. The van der Waals surface area contributed by atoms with E-state index in [-0.39, 0.29) is 49.3 Å². The van der Waals surface area contributed by atoms with Crippen molar-refractivity contribution in [2.24, 2.45) is 11.3 Å². The summed E-state index contributed by atoms with van der Waals surface area (Å²) in [5.41, 5.74) is 0.659. The van der Waals surface area contributed by atoms with Crippen molar-refractivity contribution < 1.29 is 37.3 Å². The number of amides is 2. The molecule has 2 heterocycles. The summed E-state index contributed by atoms with van der Waals surface area (Å²) < 4.78 is 46.0. The van der Waals surface area contributed by atoms with Gasteiger partial charge in [-0.2, -0.15) is 9.57 Å². The number of alkyl carbamates (subject to hydrolysis) is 1. The fourth-order valence-electron chi connectivity index (χ4n) is 5.62. The van der Waals surface area contributed by atoms with E-state index in [1.54, 1.807) is 0 Å². The Kier molecular flexibility index (Phi) is 11.6. The van der Waals surface area contributed by atoms with Gasteiger partial charge in [-0.05, 0) is 54.5 Å². The molecule has 2 aromatic carbocycles. The largest absolute Gasteiger partial charge is 0.443 e. The number of hydrogen-bond donors (Lipinski definition) is 3. The standard InChI is InChI=1S/C32H42N4O8S/c1-22(37)34-24-10-12-25(13-11-24)45(40,41)36(21-32(2,3)15-7-16-33)19-28(38)27(18-23-8-5-4-6-9-23)35-31(39)44-29-20-43-30-26(29)14-17-42-30/h4-6,8-13,26-30,38H,7,14-15,17-21H2,1-3H3,(H,34,37)(H,35,39)/t26-,27?,28?,29-,30+/m0/s1. The molecule has 4 rings (SSSR count). The molecule has 13 heteroatoms. The Labute approximate surface area is 264 Å². The fourth-order valence-corrected chi connectivity index (χ4v) is 7.27. The van der Waals surface area contributed by atoms with Gasteiger partial charge in [-0.25, -0.2) is 13.2 Å². The van der Waals surface area contributed by atoms with E-state index in [4.69, 9.17) is 19.5 Å². The van der Waals surface area contributed by atoms with E-state index < -0.39 is 46.1 Å². The van der Waals surface area contributed by atoms with Crippen molar-refractivity contribution in [1.82, 2.24) is 9.62 Å². The highest BCUT2D eigenvalue weighted by Crippen LogP contribution is 2.33. The smallest absolute Gasteiger partial charge is 0.407 e. The number of benzene rings is 2. The van der Waals surface area contributed by atoms with Gasteiger partial charge >= 0.3 is 6.09 Å². The van der Waals surface area contributed by atoms with Gasteiger partial charge in [0.1, 0.15) is 6.10 Å². The van der Waals surface area contributed by atoms with Gasteiger partial charge in [-0.3, -0.25) is 4.79 Å². The van der Waals surface area contributed by atoms with Crippen molar-refractivity contribution in [3.63, 3.8) is 0 Å². The molecule has 0 aliphatic carbocycles. The van der Waals surface area contributed by atoms with Gasteiger partial charge in [0.15, 0.2) is 6.29 Å². The molecular weight excluding hydrogens is 600 g/mol. The number of ether oxygens (including phenoxy) is 3. The van der Waals surface area contributed by atoms with Crippen LogP contribution < -0.4 is 10.6 Å². The van der Waals surface area contributed by atoms with Crippen LogP contribution in [-0.2, 0) is 35.4 Å². The topological polar surface area (TPSA) is 167 Å². The van der Waals surface area contributed by atoms with Crippen molar-refractivity contribution in [2.75, 3.05) is 31.6 Å². The summed E-state index contributed by atoms with van der Waals surface area (Å²) in [7, 11) is -4.16.